The Kier molecular flexibility index (Phi) is 6.84. The second-order valence-electron chi connectivity index (χ2n) is 7.69. The molecule has 0 atom stereocenters. The van der Waals surface area contributed by atoms with Crippen molar-refractivity contribution >= 4 is 29.1 Å². The van der Waals surface area contributed by atoms with Crippen LogP contribution in [0.4, 0.5) is 5.69 Å². The van der Waals surface area contributed by atoms with Crippen molar-refractivity contribution in [2.45, 2.75) is 19.3 Å². The van der Waals surface area contributed by atoms with E-state index in [-0.39, 0.29) is 11.6 Å². The average Bonchev–Trinajstić information content (AvgIpc) is 3.34. The van der Waals surface area contributed by atoms with E-state index in [1.807, 2.05) is 6.07 Å². The van der Waals surface area contributed by atoms with Gasteiger partial charge in [0.2, 0.25) is 0 Å². The number of nitrogens with zero attached hydrogens (tertiary/aromatic N) is 3. The van der Waals surface area contributed by atoms with Crippen molar-refractivity contribution < 1.29 is 19.1 Å². The summed E-state index contributed by atoms with van der Waals surface area (Å²) in [4.78, 5) is 28.1. The molecular weight excluding hydrogens is 444 g/mol. The van der Waals surface area contributed by atoms with Crippen LogP contribution < -0.4 is 14.8 Å². The number of benzene rings is 2. The highest BCUT2D eigenvalue weighted by Crippen LogP contribution is 2.34. The lowest BCUT2D eigenvalue weighted by Crippen LogP contribution is -2.36. The van der Waals surface area contributed by atoms with Crippen molar-refractivity contribution in [2.75, 3.05) is 32.6 Å². The minimum Gasteiger partial charge on any atom is -0.493 e. The summed E-state index contributed by atoms with van der Waals surface area (Å²) in [6.45, 7) is 1.37. The van der Waals surface area contributed by atoms with Crippen molar-refractivity contribution in [3.05, 3.63) is 64.9 Å². The van der Waals surface area contributed by atoms with Gasteiger partial charge in [0, 0.05) is 30.4 Å². The molecule has 3 aromatic rings. The van der Waals surface area contributed by atoms with Crippen molar-refractivity contribution in [1.29, 1.82) is 0 Å². The van der Waals surface area contributed by atoms with Gasteiger partial charge >= 0.3 is 0 Å². The van der Waals surface area contributed by atoms with Gasteiger partial charge < -0.3 is 19.7 Å². The van der Waals surface area contributed by atoms with Gasteiger partial charge in [-0.3, -0.25) is 9.59 Å². The molecule has 0 unspecified atom stereocenters. The Balaban J connectivity index is 1.63. The Labute approximate surface area is 197 Å². The van der Waals surface area contributed by atoms with E-state index in [0.29, 0.717) is 40.9 Å². The average molecular weight is 469 g/mol. The quantitative estimate of drug-likeness (QED) is 0.578. The fourth-order valence-corrected chi connectivity index (χ4v) is 4.01. The molecule has 2 aromatic carbocycles. The fraction of sp³-hybridized carbons (Fsp3) is 0.292. The topological polar surface area (TPSA) is 85.7 Å². The summed E-state index contributed by atoms with van der Waals surface area (Å²) in [5.74, 6) is 0.222. The van der Waals surface area contributed by atoms with E-state index in [1.54, 1.807) is 52.2 Å². The summed E-state index contributed by atoms with van der Waals surface area (Å²) in [5.41, 5.74) is 1.61. The van der Waals surface area contributed by atoms with Crippen LogP contribution >= 0.6 is 11.6 Å². The van der Waals surface area contributed by atoms with Crippen LogP contribution in [-0.4, -0.2) is 53.8 Å². The monoisotopic (exact) mass is 468 g/mol. The number of rotatable bonds is 6. The summed E-state index contributed by atoms with van der Waals surface area (Å²) in [5, 5.41) is 7.75. The first kappa shape index (κ1) is 22.7. The van der Waals surface area contributed by atoms with E-state index >= 15 is 0 Å². The molecule has 2 amide bonds. The molecule has 0 bridgehead atoms. The second kappa shape index (κ2) is 9.95. The van der Waals surface area contributed by atoms with Crippen molar-refractivity contribution in [3.8, 4) is 17.2 Å². The predicted molar refractivity (Wildman–Crippen MR) is 126 cm³/mol. The van der Waals surface area contributed by atoms with Crippen molar-refractivity contribution in [2.24, 2.45) is 0 Å². The molecule has 1 fully saturated rings. The van der Waals surface area contributed by atoms with E-state index in [4.69, 9.17) is 21.1 Å². The maximum atomic E-state index is 13.3. The highest BCUT2D eigenvalue weighted by Gasteiger charge is 2.25. The van der Waals surface area contributed by atoms with Crippen LogP contribution in [0, 0.1) is 0 Å². The maximum absolute atomic E-state index is 13.3. The number of carbonyl (C=O) groups excluding carboxylic acids is 2. The number of methoxy groups -OCH3 is 2. The largest absolute Gasteiger partial charge is 0.493 e. The van der Waals surface area contributed by atoms with Gasteiger partial charge in [-0.25, -0.2) is 4.68 Å². The SMILES string of the molecule is COc1cc(NC(=O)c2ccn(-c3cccc(Cl)c3)n2)c(C(=O)N2CCCCC2)cc1OC. The highest BCUT2D eigenvalue weighted by atomic mass is 35.5. The van der Waals surface area contributed by atoms with Crippen molar-refractivity contribution in [1.82, 2.24) is 14.7 Å². The molecule has 1 saturated heterocycles. The number of aromatic nitrogens is 2. The van der Waals surface area contributed by atoms with E-state index in [1.165, 1.54) is 14.2 Å². The molecular formula is C24H25ClN4O4. The number of hydrogen-bond acceptors (Lipinski definition) is 5. The van der Waals surface area contributed by atoms with Gasteiger partial charge in [-0.2, -0.15) is 5.10 Å². The molecule has 33 heavy (non-hydrogen) atoms. The zero-order valence-corrected chi connectivity index (χ0v) is 19.3. The summed E-state index contributed by atoms with van der Waals surface area (Å²) in [6, 6.07) is 12.0. The smallest absolute Gasteiger partial charge is 0.276 e. The minimum absolute atomic E-state index is 0.157. The molecule has 172 valence electrons. The van der Waals surface area contributed by atoms with Crippen LogP contribution in [0.1, 0.15) is 40.1 Å². The molecule has 2 heterocycles. The Bertz CT molecular complexity index is 1170. The fourth-order valence-electron chi connectivity index (χ4n) is 3.82. The second-order valence-corrected chi connectivity index (χ2v) is 8.12. The molecule has 1 N–H and O–H groups in total. The highest BCUT2D eigenvalue weighted by molar-refractivity contribution is 6.30. The number of carbonyl (C=O) groups is 2. The number of nitrogens with one attached hydrogen (secondary N) is 1. The van der Waals surface area contributed by atoms with Gasteiger partial charge in [0.25, 0.3) is 11.8 Å². The molecule has 1 aromatic heterocycles. The third-order valence-electron chi connectivity index (χ3n) is 5.54. The Morgan fingerprint density at radius 3 is 2.42 bits per heavy atom. The Morgan fingerprint density at radius 2 is 1.73 bits per heavy atom. The molecule has 0 spiro atoms. The molecule has 1 aliphatic heterocycles. The zero-order valence-electron chi connectivity index (χ0n) is 18.5. The molecule has 9 heteroatoms. The van der Waals surface area contributed by atoms with Gasteiger partial charge in [-0.15, -0.1) is 0 Å². The first-order chi connectivity index (χ1) is 16.0. The number of anilines is 1. The van der Waals surface area contributed by atoms with Gasteiger partial charge in [-0.1, -0.05) is 17.7 Å². The molecule has 4 rings (SSSR count). The maximum Gasteiger partial charge on any atom is 0.276 e. The Hall–Kier alpha value is -3.52. The van der Waals surface area contributed by atoms with Crippen LogP contribution in [0.3, 0.4) is 0 Å². The summed E-state index contributed by atoms with van der Waals surface area (Å²) in [6.07, 6.45) is 4.70. The summed E-state index contributed by atoms with van der Waals surface area (Å²) in [7, 11) is 3.01. The molecule has 0 saturated carbocycles. The summed E-state index contributed by atoms with van der Waals surface area (Å²) < 4.78 is 12.3. The van der Waals surface area contributed by atoms with Crippen molar-refractivity contribution in [3.63, 3.8) is 0 Å². The third-order valence-corrected chi connectivity index (χ3v) is 5.78. The van der Waals surface area contributed by atoms with Crippen LogP contribution in [-0.2, 0) is 0 Å². The van der Waals surface area contributed by atoms with E-state index in [9.17, 15) is 9.59 Å². The van der Waals surface area contributed by atoms with E-state index in [2.05, 4.69) is 10.4 Å². The van der Waals surface area contributed by atoms with E-state index < -0.39 is 5.91 Å². The standard InChI is InChI=1S/C24H25ClN4O4/c1-32-21-14-18(24(31)28-10-4-3-5-11-28)20(15-22(21)33-2)26-23(30)19-9-12-29(27-19)17-8-6-7-16(25)13-17/h6-9,12-15H,3-5,10-11H2,1-2H3,(H,26,30). The van der Waals surface area contributed by atoms with Gasteiger partial charge in [0.15, 0.2) is 17.2 Å². The number of ether oxygens (including phenoxy) is 2. The van der Waals surface area contributed by atoms with Crippen LogP contribution in [0.2, 0.25) is 5.02 Å². The molecule has 0 aliphatic carbocycles. The van der Waals surface area contributed by atoms with Gasteiger partial charge in [0.05, 0.1) is 31.2 Å². The lowest BCUT2D eigenvalue weighted by Gasteiger charge is -2.28. The number of hydrogen-bond donors (Lipinski definition) is 1. The summed E-state index contributed by atoms with van der Waals surface area (Å²) >= 11 is 6.06. The third kappa shape index (κ3) is 4.96. The minimum atomic E-state index is -0.448. The van der Waals surface area contributed by atoms with E-state index in [0.717, 1.165) is 24.9 Å². The number of amides is 2. The van der Waals surface area contributed by atoms with Gasteiger partial charge in [0.1, 0.15) is 0 Å². The lowest BCUT2D eigenvalue weighted by atomic mass is 10.1. The molecule has 8 nitrogen and oxygen atoms in total. The number of halogens is 1. The first-order valence-corrected chi connectivity index (χ1v) is 11.1. The number of piperidine rings is 1. The predicted octanol–water partition coefficient (Wildman–Crippen LogP) is 4.42. The Morgan fingerprint density at radius 1 is 1.00 bits per heavy atom. The zero-order chi connectivity index (χ0) is 23.4. The van der Waals surface area contributed by atoms with Gasteiger partial charge in [-0.05, 0) is 49.6 Å². The number of likely N-dealkylation sites (tertiary alicyclic amines) is 1. The lowest BCUT2D eigenvalue weighted by molar-refractivity contribution is 0.0725. The molecule has 1 aliphatic rings. The van der Waals surface area contributed by atoms with Crippen LogP contribution in [0.15, 0.2) is 48.7 Å². The normalized spacial score (nSPS) is 13.5. The van der Waals surface area contributed by atoms with Crippen LogP contribution in [0.5, 0.6) is 11.5 Å². The first-order valence-electron chi connectivity index (χ1n) is 10.7. The molecule has 0 radical (unpaired) electrons. The van der Waals surface area contributed by atoms with Crippen LogP contribution in [0.25, 0.3) is 5.69 Å².